The summed E-state index contributed by atoms with van der Waals surface area (Å²) in [5, 5.41) is 9.44. The highest BCUT2D eigenvalue weighted by Crippen LogP contribution is 2.39. The molecule has 1 aromatic heterocycles. The Labute approximate surface area is 128 Å². The van der Waals surface area contributed by atoms with Crippen molar-refractivity contribution in [2.45, 2.75) is 12.1 Å². The minimum Gasteiger partial charge on any atom is -0.479 e. The summed E-state index contributed by atoms with van der Waals surface area (Å²) in [4.78, 5) is 15.8. The van der Waals surface area contributed by atoms with Crippen LogP contribution in [0.4, 0.5) is 0 Å². The van der Waals surface area contributed by atoms with Crippen LogP contribution in [0.5, 0.6) is 0 Å². The second-order valence-corrected chi connectivity index (χ2v) is 5.07. The van der Waals surface area contributed by atoms with Crippen LogP contribution in [0.3, 0.4) is 0 Å². The zero-order chi connectivity index (χ0) is 15.4. The van der Waals surface area contributed by atoms with Crippen molar-refractivity contribution in [1.29, 1.82) is 0 Å². The number of aromatic nitrogens is 1. The van der Waals surface area contributed by atoms with Gasteiger partial charge in [0.2, 0.25) is 5.54 Å². The first-order valence-corrected chi connectivity index (χ1v) is 7.06. The Morgan fingerprint density at radius 2 is 1.95 bits per heavy atom. The van der Waals surface area contributed by atoms with Gasteiger partial charge in [-0.25, -0.2) is 4.79 Å². The largest absolute Gasteiger partial charge is 0.479 e. The number of carboxylic acid groups (broad SMARTS) is 1. The summed E-state index contributed by atoms with van der Waals surface area (Å²) in [6.45, 7) is 0.709. The van der Waals surface area contributed by atoms with Crippen molar-refractivity contribution >= 4 is 12.2 Å². The van der Waals surface area contributed by atoms with Gasteiger partial charge >= 0.3 is 5.97 Å². The lowest BCUT2D eigenvalue weighted by atomic mass is 10.1. The van der Waals surface area contributed by atoms with E-state index in [-0.39, 0.29) is 0 Å². The molecule has 2 heterocycles. The molecule has 4 nitrogen and oxygen atoms in total. The van der Waals surface area contributed by atoms with E-state index in [9.17, 15) is 9.90 Å². The van der Waals surface area contributed by atoms with E-state index in [1.54, 1.807) is 18.4 Å². The van der Waals surface area contributed by atoms with E-state index in [0.29, 0.717) is 12.1 Å². The van der Waals surface area contributed by atoms with Crippen molar-refractivity contribution in [3.05, 3.63) is 84.3 Å². The maximum atomic E-state index is 11.5. The fraction of sp³-hybridized carbons (Fsp3) is 0.111. The van der Waals surface area contributed by atoms with Crippen molar-refractivity contribution < 1.29 is 9.90 Å². The monoisotopic (exact) mass is 292 g/mol. The topological polar surface area (TPSA) is 54.6 Å². The maximum absolute atomic E-state index is 11.5. The SMILES string of the molecule is O=C(O)C12C=C1/C=C/C=C/C=C\C=C\Cn1cccc1/C=N/2. The molecule has 0 saturated carbocycles. The summed E-state index contributed by atoms with van der Waals surface area (Å²) in [6, 6.07) is 3.84. The third-order valence-corrected chi connectivity index (χ3v) is 3.58. The number of fused-ring (bicyclic) bond motifs is 2. The third kappa shape index (κ3) is 2.76. The van der Waals surface area contributed by atoms with Gasteiger partial charge in [0, 0.05) is 19.0 Å². The van der Waals surface area contributed by atoms with E-state index in [4.69, 9.17) is 0 Å². The number of rotatable bonds is 1. The molecular formula is C18H16N2O2. The second kappa shape index (κ2) is 5.85. The summed E-state index contributed by atoms with van der Waals surface area (Å²) in [5.74, 6) is -0.949. The minimum atomic E-state index is -1.20. The molecule has 3 rings (SSSR count). The first-order chi connectivity index (χ1) is 10.7. The fourth-order valence-corrected chi connectivity index (χ4v) is 2.26. The highest BCUT2D eigenvalue weighted by atomic mass is 16.4. The zero-order valence-corrected chi connectivity index (χ0v) is 12.0. The smallest absolute Gasteiger partial charge is 0.340 e. The number of carboxylic acids is 1. The molecule has 22 heavy (non-hydrogen) atoms. The quantitative estimate of drug-likeness (QED) is 0.865. The highest BCUT2D eigenvalue weighted by Gasteiger charge is 2.49. The number of aliphatic carboxylic acids is 1. The molecule has 0 amide bonds. The van der Waals surface area contributed by atoms with Crippen LogP contribution < -0.4 is 0 Å². The predicted molar refractivity (Wildman–Crippen MR) is 87.0 cm³/mol. The van der Waals surface area contributed by atoms with Crippen LogP contribution in [0.2, 0.25) is 0 Å². The van der Waals surface area contributed by atoms with Gasteiger partial charge in [0.05, 0.1) is 5.69 Å². The van der Waals surface area contributed by atoms with E-state index in [1.807, 2.05) is 65.4 Å². The number of aliphatic imine (C=N–C) groups is 1. The Kier molecular flexibility index (Phi) is 3.74. The van der Waals surface area contributed by atoms with Gasteiger partial charge in [-0.15, -0.1) is 0 Å². The van der Waals surface area contributed by atoms with E-state index in [1.165, 1.54) is 0 Å². The number of nitrogens with zero attached hydrogens (tertiary/aromatic N) is 2. The Balaban J connectivity index is 1.94. The Morgan fingerprint density at radius 3 is 2.77 bits per heavy atom. The molecule has 1 aliphatic heterocycles. The molecule has 0 radical (unpaired) electrons. The molecule has 0 aromatic carbocycles. The van der Waals surface area contributed by atoms with Crippen LogP contribution in [0.15, 0.2) is 83.6 Å². The molecule has 2 aliphatic rings. The lowest BCUT2D eigenvalue weighted by Crippen LogP contribution is -2.24. The first-order valence-electron chi connectivity index (χ1n) is 7.06. The number of hydrogen-bond acceptors (Lipinski definition) is 2. The number of hydrogen-bond donors (Lipinski definition) is 1. The highest BCUT2D eigenvalue weighted by molar-refractivity contribution is 5.97. The van der Waals surface area contributed by atoms with Crippen LogP contribution in [-0.2, 0) is 11.3 Å². The molecule has 0 bridgehead atoms. The number of carbonyl (C=O) groups is 1. The molecule has 0 fully saturated rings. The molecule has 1 unspecified atom stereocenters. The Bertz CT molecular complexity index is 760. The first kappa shape index (κ1) is 14.1. The molecule has 1 aromatic rings. The molecule has 4 heteroatoms. The van der Waals surface area contributed by atoms with Gasteiger partial charge in [0.25, 0.3) is 0 Å². The van der Waals surface area contributed by atoms with E-state index >= 15 is 0 Å². The van der Waals surface area contributed by atoms with Crippen molar-refractivity contribution in [3.63, 3.8) is 0 Å². The van der Waals surface area contributed by atoms with Crippen molar-refractivity contribution in [3.8, 4) is 0 Å². The van der Waals surface area contributed by atoms with Gasteiger partial charge in [0.1, 0.15) is 0 Å². The Hall–Kier alpha value is -2.88. The van der Waals surface area contributed by atoms with Gasteiger partial charge < -0.3 is 9.67 Å². The van der Waals surface area contributed by atoms with Crippen molar-refractivity contribution in [2.24, 2.45) is 4.99 Å². The molecule has 1 N–H and O–H groups in total. The van der Waals surface area contributed by atoms with E-state index in [0.717, 1.165) is 5.69 Å². The zero-order valence-electron chi connectivity index (χ0n) is 12.0. The second-order valence-electron chi connectivity index (χ2n) is 5.07. The predicted octanol–water partition coefficient (Wildman–Crippen LogP) is 2.91. The third-order valence-electron chi connectivity index (χ3n) is 3.58. The molecule has 1 aliphatic carbocycles. The molecule has 0 spiro atoms. The van der Waals surface area contributed by atoms with E-state index < -0.39 is 11.5 Å². The van der Waals surface area contributed by atoms with Gasteiger partial charge in [-0.05, 0) is 23.8 Å². The van der Waals surface area contributed by atoms with Crippen LogP contribution in [0, 0.1) is 0 Å². The maximum Gasteiger partial charge on any atom is 0.340 e. The lowest BCUT2D eigenvalue weighted by Gasteiger charge is -2.07. The summed E-state index contributed by atoms with van der Waals surface area (Å²) in [6.07, 6.45) is 20.5. The average molecular weight is 292 g/mol. The van der Waals surface area contributed by atoms with Gasteiger partial charge in [-0.2, -0.15) is 0 Å². The molecule has 110 valence electrons. The summed E-state index contributed by atoms with van der Waals surface area (Å²) >= 11 is 0. The van der Waals surface area contributed by atoms with Gasteiger partial charge in [0.15, 0.2) is 0 Å². The van der Waals surface area contributed by atoms with Crippen LogP contribution in [-0.4, -0.2) is 27.4 Å². The van der Waals surface area contributed by atoms with Crippen molar-refractivity contribution in [2.75, 3.05) is 0 Å². The summed E-state index contributed by atoms with van der Waals surface area (Å²) < 4.78 is 2.01. The standard InChI is InChI=1S/C18H16N2O2/c21-17(22)18-13-15(18)9-6-4-2-1-3-5-7-11-20-12-8-10-16(20)14-19-18/h1-10,12-14H,11H2,(H,21,22)/b3-1-,4-2+,7-5+,9-6+,19-14+. The van der Waals surface area contributed by atoms with Crippen LogP contribution in [0.25, 0.3) is 0 Å². The van der Waals surface area contributed by atoms with Gasteiger partial charge in [-0.3, -0.25) is 4.99 Å². The molecule has 0 saturated heterocycles. The van der Waals surface area contributed by atoms with E-state index in [2.05, 4.69) is 4.99 Å². The molecule has 1 atom stereocenters. The number of allylic oxidation sites excluding steroid dienone is 7. The Morgan fingerprint density at radius 1 is 1.18 bits per heavy atom. The van der Waals surface area contributed by atoms with Gasteiger partial charge in [-0.1, -0.05) is 48.6 Å². The normalized spacial score (nSPS) is 30.5. The summed E-state index contributed by atoms with van der Waals surface area (Å²) in [5.41, 5.74) is 0.382. The lowest BCUT2D eigenvalue weighted by molar-refractivity contribution is -0.138. The minimum absolute atomic E-state index is 0.705. The molecular weight excluding hydrogens is 276 g/mol. The van der Waals surface area contributed by atoms with Crippen molar-refractivity contribution in [1.82, 2.24) is 4.57 Å². The van der Waals surface area contributed by atoms with Crippen LogP contribution >= 0.6 is 0 Å². The fourth-order valence-electron chi connectivity index (χ4n) is 2.26. The summed E-state index contributed by atoms with van der Waals surface area (Å²) in [7, 11) is 0. The average Bonchev–Trinajstić information content (AvgIpc) is 3.04. The van der Waals surface area contributed by atoms with Crippen LogP contribution in [0.1, 0.15) is 5.69 Å².